The molecule has 2 N–H and O–H groups in total. The highest BCUT2D eigenvalue weighted by molar-refractivity contribution is 6.30. The number of hydrogen-bond acceptors (Lipinski definition) is 5. The number of halogens is 1. The summed E-state index contributed by atoms with van der Waals surface area (Å²) in [5.41, 5.74) is 3.39. The summed E-state index contributed by atoms with van der Waals surface area (Å²) in [6.07, 6.45) is 6.85. The second kappa shape index (κ2) is 13.8. The predicted octanol–water partition coefficient (Wildman–Crippen LogP) is 5.15. The molecule has 198 valence electrons. The fourth-order valence-corrected chi connectivity index (χ4v) is 4.77. The number of allylic oxidation sites excluding steroid dienone is 2. The number of piperazine rings is 1. The molecule has 0 radical (unpaired) electrons. The number of amides is 1. The molecule has 3 aromatic carbocycles. The second-order valence-electron chi connectivity index (χ2n) is 9.18. The van der Waals surface area contributed by atoms with Gasteiger partial charge in [0.1, 0.15) is 0 Å². The van der Waals surface area contributed by atoms with E-state index in [-0.39, 0.29) is 17.7 Å². The van der Waals surface area contributed by atoms with Crippen molar-refractivity contribution in [2.75, 3.05) is 46.4 Å². The molecule has 6 nitrogen and oxygen atoms in total. The molecule has 0 aromatic heterocycles. The Morgan fingerprint density at radius 3 is 2.42 bits per heavy atom. The van der Waals surface area contributed by atoms with Gasteiger partial charge in [-0.25, -0.2) is 0 Å². The van der Waals surface area contributed by atoms with Crippen molar-refractivity contribution in [2.45, 2.75) is 6.04 Å². The SMILES string of the molecule is COc1cc(/C=C/C=C/C(=O)NCCN2CCN(C(c3ccccc3)c3ccc(Cl)cc3)CC2)ccc1O. The standard InChI is InChI=1S/C31H34ClN3O3/c1-38-29-23-24(11-16-28(29)36)7-5-6-10-30(37)33-17-18-34-19-21-35(22-20-34)31(25-8-3-2-4-9-25)26-12-14-27(32)15-13-26/h2-16,23,31,36H,17-22H2,1H3,(H,33,37)/b7-5+,10-6+. The zero-order chi connectivity index (χ0) is 26.7. The molecular weight excluding hydrogens is 498 g/mol. The van der Waals surface area contributed by atoms with Crippen LogP contribution in [0, 0.1) is 0 Å². The first-order chi connectivity index (χ1) is 18.5. The maximum atomic E-state index is 12.2. The third-order valence-electron chi connectivity index (χ3n) is 6.65. The maximum Gasteiger partial charge on any atom is 0.244 e. The van der Waals surface area contributed by atoms with Crippen LogP contribution in [0.4, 0.5) is 0 Å². The van der Waals surface area contributed by atoms with Gasteiger partial charge in [-0.05, 0) is 41.0 Å². The Morgan fingerprint density at radius 1 is 1.00 bits per heavy atom. The van der Waals surface area contributed by atoms with Gasteiger partial charge in [0.25, 0.3) is 0 Å². The molecule has 3 aromatic rings. The van der Waals surface area contributed by atoms with Crippen LogP contribution in [0.5, 0.6) is 11.5 Å². The first-order valence-electron chi connectivity index (χ1n) is 12.8. The Bertz CT molecular complexity index is 1240. The van der Waals surface area contributed by atoms with Crippen LogP contribution < -0.4 is 10.1 Å². The summed E-state index contributed by atoms with van der Waals surface area (Å²) in [6, 6.07) is 24.0. The van der Waals surface area contributed by atoms with Crippen molar-refractivity contribution in [3.05, 3.63) is 113 Å². The molecule has 1 heterocycles. The van der Waals surface area contributed by atoms with Crippen LogP contribution >= 0.6 is 11.6 Å². The summed E-state index contributed by atoms with van der Waals surface area (Å²) in [6.45, 7) is 5.20. The van der Waals surface area contributed by atoms with Crippen LogP contribution in [0.2, 0.25) is 5.02 Å². The lowest BCUT2D eigenvalue weighted by Crippen LogP contribution is -2.49. The molecular formula is C31H34ClN3O3. The zero-order valence-electron chi connectivity index (χ0n) is 21.6. The topological polar surface area (TPSA) is 65.0 Å². The van der Waals surface area contributed by atoms with Gasteiger partial charge in [-0.1, -0.05) is 78.4 Å². The van der Waals surface area contributed by atoms with E-state index in [0.29, 0.717) is 12.3 Å². The first-order valence-corrected chi connectivity index (χ1v) is 13.2. The molecule has 7 heteroatoms. The van der Waals surface area contributed by atoms with Crippen LogP contribution in [0.3, 0.4) is 0 Å². The van der Waals surface area contributed by atoms with E-state index < -0.39 is 0 Å². The second-order valence-corrected chi connectivity index (χ2v) is 9.62. The minimum Gasteiger partial charge on any atom is -0.504 e. The summed E-state index contributed by atoms with van der Waals surface area (Å²) in [5, 5.41) is 13.4. The van der Waals surface area contributed by atoms with E-state index in [0.717, 1.165) is 43.3 Å². The Labute approximate surface area is 229 Å². The molecule has 1 fully saturated rings. The first kappa shape index (κ1) is 27.5. The number of methoxy groups -OCH3 is 1. The quantitative estimate of drug-likeness (QED) is 0.280. The molecule has 1 amide bonds. The van der Waals surface area contributed by atoms with Gasteiger partial charge >= 0.3 is 0 Å². The van der Waals surface area contributed by atoms with Crippen LogP contribution in [-0.4, -0.2) is 67.2 Å². The van der Waals surface area contributed by atoms with Gasteiger partial charge in [0, 0.05) is 50.4 Å². The van der Waals surface area contributed by atoms with Gasteiger partial charge in [-0.2, -0.15) is 0 Å². The van der Waals surface area contributed by atoms with E-state index in [1.807, 2.05) is 24.3 Å². The normalized spacial score (nSPS) is 15.6. The number of benzene rings is 3. The van der Waals surface area contributed by atoms with Gasteiger partial charge < -0.3 is 15.2 Å². The van der Waals surface area contributed by atoms with E-state index in [2.05, 4.69) is 51.5 Å². The van der Waals surface area contributed by atoms with Gasteiger partial charge in [0.15, 0.2) is 11.5 Å². The number of nitrogens with zero attached hydrogens (tertiary/aromatic N) is 2. The fraction of sp³-hybridized carbons (Fsp3) is 0.258. The van der Waals surface area contributed by atoms with Gasteiger partial charge in [0.2, 0.25) is 5.91 Å². The van der Waals surface area contributed by atoms with Gasteiger partial charge in [-0.3, -0.25) is 14.6 Å². The number of carbonyl (C=O) groups excluding carboxylic acids is 1. The Hall–Kier alpha value is -3.58. The smallest absolute Gasteiger partial charge is 0.244 e. The van der Waals surface area contributed by atoms with Crippen molar-refractivity contribution in [3.63, 3.8) is 0 Å². The molecule has 1 atom stereocenters. The molecule has 38 heavy (non-hydrogen) atoms. The van der Waals surface area contributed by atoms with Crippen molar-refractivity contribution >= 4 is 23.6 Å². The lowest BCUT2D eigenvalue weighted by Gasteiger charge is -2.39. The summed E-state index contributed by atoms with van der Waals surface area (Å²) in [7, 11) is 1.51. The molecule has 4 rings (SSSR count). The van der Waals surface area contributed by atoms with Gasteiger partial charge in [-0.15, -0.1) is 0 Å². The molecule has 1 unspecified atom stereocenters. The molecule has 0 spiro atoms. The summed E-state index contributed by atoms with van der Waals surface area (Å²) >= 11 is 6.14. The number of ether oxygens (including phenoxy) is 1. The van der Waals surface area contributed by atoms with Crippen molar-refractivity contribution in [1.29, 1.82) is 0 Å². The van der Waals surface area contributed by atoms with E-state index in [4.69, 9.17) is 16.3 Å². The van der Waals surface area contributed by atoms with Crippen LogP contribution in [-0.2, 0) is 4.79 Å². The van der Waals surface area contributed by atoms with Crippen molar-refractivity contribution in [1.82, 2.24) is 15.1 Å². The number of phenolic OH excluding ortho intramolecular Hbond substituents is 1. The van der Waals surface area contributed by atoms with Crippen LogP contribution in [0.15, 0.2) is 91.0 Å². The summed E-state index contributed by atoms with van der Waals surface area (Å²) in [5.74, 6) is 0.386. The predicted molar refractivity (Wildman–Crippen MR) is 154 cm³/mol. The molecule has 1 saturated heterocycles. The zero-order valence-corrected chi connectivity index (χ0v) is 22.3. The van der Waals surface area contributed by atoms with Crippen molar-refractivity contribution < 1.29 is 14.6 Å². The van der Waals surface area contributed by atoms with Crippen LogP contribution in [0.1, 0.15) is 22.7 Å². The minimum atomic E-state index is -0.122. The lowest BCUT2D eigenvalue weighted by molar-refractivity contribution is -0.116. The van der Waals surface area contributed by atoms with Gasteiger partial charge in [0.05, 0.1) is 13.2 Å². The maximum absolute atomic E-state index is 12.2. The number of aromatic hydroxyl groups is 1. The van der Waals surface area contributed by atoms with E-state index in [1.165, 1.54) is 24.3 Å². The average molecular weight is 532 g/mol. The number of hydrogen-bond donors (Lipinski definition) is 2. The van der Waals surface area contributed by atoms with Crippen molar-refractivity contribution in [2.24, 2.45) is 0 Å². The van der Waals surface area contributed by atoms with E-state index >= 15 is 0 Å². The lowest BCUT2D eigenvalue weighted by atomic mass is 9.96. The summed E-state index contributed by atoms with van der Waals surface area (Å²) in [4.78, 5) is 17.1. The third kappa shape index (κ3) is 7.71. The fourth-order valence-electron chi connectivity index (χ4n) is 4.64. The van der Waals surface area contributed by atoms with E-state index in [1.54, 1.807) is 30.4 Å². The van der Waals surface area contributed by atoms with E-state index in [9.17, 15) is 9.90 Å². The number of phenols is 1. The molecule has 0 saturated carbocycles. The highest BCUT2D eigenvalue weighted by Crippen LogP contribution is 2.30. The molecule has 0 bridgehead atoms. The molecule has 1 aliphatic heterocycles. The highest BCUT2D eigenvalue weighted by atomic mass is 35.5. The average Bonchev–Trinajstić information content (AvgIpc) is 2.94. The number of carbonyl (C=O) groups is 1. The summed E-state index contributed by atoms with van der Waals surface area (Å²) < 4.78 is 5.11. The molecule has 1 aliphatic rings. The molecule has 0 aliphatic carbocycles. The van der Waals surface area contributed by atoms with Crippen LogP contribution in [0.25, 0.3) is 6.08 Å². The highest BCUT2D eigenvalue weighted by Gasteiger charge is 2.26. The monoisotopic (exact) mass is 531 g/mol. The number of nitrogens with one attached hydrogen (secondary N) is 1. The Kier molecular flexibility index (Phi) is 9.98. The van der Waals surface area contributed by atoms with Crippen molar-refractivity contribution in [3.8, 4) is 11.5 Å². The Morgan fingerprint density at radius 2 is 1.71 bits per heavy atom. The minimum absolute atomic E-state index is 0.0959. The Balaban J connectivity index is 1.23. The largest absolute Gasteiger partial charge is 0.504 e. The number of rotatable bonds is 10. The third-order valence-corrected chi connectivity index (χ3v) is 6.90.